The van der Waals surface area contributed by atoms with Crippen LogP contribution in [0.25, 0.3) is 0 Å². The van der Waals surface area contributed by atoms with E-state index in [4.69, 9.17) is 4.42 Å². The minimum Gasteiger partial charge on any atom is -0.469 e. The van der Waals surface area contributed by atoms with Gasteiger partial charge in [-0.25, -0.2) is 5.43 Å². The second-order valence-corrected chi connectivity index (χ2v) is 4.95. The molecule has 0 unspecified atom stereocenters. The molecule has 0 fully saturated rings. The number of nitrogens with zero attached hydrogens (tertiary/aromatic N) is 1. The maximum atomic E-state index is 11.8. The lowest BCUT2D eigenvalue weighted by Crippen LogP contribution is -2.19. The molecule has 0 bridgehead atoms. The molecule has 0 atom stereocenters. The molecule has 2 rings (SSSR count). The van der Waals surface area contributed by atoms with Gasteiger partial charge in [-0.05, 0) is 37.6 Å². The first-order valence-corrected chi connectivity index (χ1v) is 6.52. The Kier molecular flexibility index (Phi) is 4.16. The standard InChI is InChI=1S/C14H13BrN2O2/c1-9(11-3-5-12(15)6-4-11)16-17-14(18)13-7-8-19-10(13)2/h3-8H,1-2H3,(H,17,18)/b16-9+. The second-order valence-electron chi connectivity index (χ2n) is 4.04. The summed E-state index contributed by atoms with van der Waals surface area (Å²) in [5, 5.41) is 4.08. The van der Waals surface area contributed by atoms with Gasteiger partial charge in [0.25, 0.3) is 5.91 Å². The zero-order valence-electron chi connectivity index (χ0n) is 10.6. The van der Waals surface area contributed by atoms with Crippen LogP contribution in [0.15, 0.2) is 50.6 Å². The van der Waals surface area contributed by atoms with Crippen molar-refractivity contribution in [3.8, 4) is 0 Å². The molecule has 1 amide bonds. The van der Waals surface area contributed by atoms with E-state index in [2.05, 4.69) is 26.5 Å². The van der Waals surface area contributed by atoms with Crippen LogP contribution in [0.4, 0.5) is 0 Å². The molecule has 0 saturated carbocycles. The van der Waals surface area contributed by atoms with Crippen LogP contribution in [0.3, 0.4) is 0 Å². The van der Waals surface area contributed by atoms with E-state index in [1.807, 2.05) is 31.2 Å². The number of furan rings is 1. The number of rotatable bonds is 3. The van der Waals surface area contributed by atoms with Crippen molar-refractivity contribution in [2.24, 2.45) is 5.10 Å². The van der Waals surface area contributed by atoms with Crippen LogP contribution in [-0.2, 0) is 0 Å². The van der Waals surface area contributed by atoms with E-state index in [9.17, 15) is 4.79 Å². The summed E-state index contributed by atoms with van der Waals surface area (Å²) in [5.41, 5.74) is 4.70. The molecule has 1 aromatic carbocycles. The van der Waals surface area contributed by atoms with E-state index in [0.717, 1.165) is 15.7 Å². The van der Waals surface area contributed by atoms with E-state index in [0.29, 0.717) is 11.3 Å². The number of hydrogen-bond acceptors (Lipinski definition) is 3. The summed E-state index contributed by atoms with van der Waals surface area (Å²) in [6.45, 7) is 3.58. The van der Waals surface area contributed by atoms with Crippen molar-refractivity contribution in [1.82, 2.24) is 5.43 Å². The fourth-order valence-corrected chi connectivity index (χ4v) is 1.84. The average molecular weight is 321 g/mol. The molecule has 0 aliphatic heterocycles. The highest BCUT2D eigenvalue weighted by Gasteiger charge is 2.10. The van der Waals surface area contributed by atoms with Gasteiger partial charge in [0.05, 0.1) is 17.5 Å². The Morgan fingerprint density at radius 3 is 2.53 bits per heavy atom. The predicted molar refractivity (Wildman–Crippen MR) is 77.3 cm³/mol. The smallest absolute Gasteiger partial charge is 0.274 e. The first-order valence-electron chi connectivity index (χ1n) is 5.72. The van der Waals surface area contributed by atoms with Crippen molar-refractivity contribution < 1.29 is 9.21 Å². The van der Waals surface area contributed by atoms with Gasteiger partial charge in [0.1, 0.15) is 5.76 Å². The summed E-state index contributed by atoms with van der Waals surface area (Å²) in [4.78, 5) is 11.8. The molecule has 1 N–H and O–H groups in total. The summed E-state index contributed by atoms with van der Waals surface area (Å²) in [5.74, 6) is 0.303. The quantitative estimate of drug-likeness (QED) is 0.695. The highest BCUT2D eigenvalue weighted by atomic mass is 79.9. The Balaban J connectivity index is 2.08. The van der Waals surface area contributed by atoms with Crippen LogP contribution in [0.1, 0.15) is 28.6 Å². The summed E-state index contributed by atoms with van der Waals surface area (Å²) < 4.78 is 6.08. The summed E-state index contributed by atoms with van der Waals surface area (Å²) in [6.07, 6.45) is 1.48. The van der Waals surface area contributed by atoms with Crippen molar-refractivity contribution in [3.63, 3.8) is 0 Å². The monoisotopic (exact) mass is 320 g/mol. The average Bonchev–Trinajstić information content (AvgIpc) is 2.83. The van der Waals surface area contributed by atoms with Crippen LogP contribution in [0, 0.1) is 6.92 Å². The third-order valence-electron chi connectivity index (χ3n) is 2.69. The van der Waals surface area contributed by atoms with Gasteiger partial charge < -0.3 is 4.42 Å². The van der Waals surface area contributed by atoms with Crippen LogP contribution in [-0.4, -0.2) is 11.6 Å². The number of carbonyl (C=O) groups excluding carboxylic acids is 1. The molecule has 0 aliphatic rings. The molecule has 0 aliphatic carbocycles. The molecule has 2 aromatic rings. The largest absolute Gasteiger partial charge is 0.469 e. The Hall–Kier alpha value is -1.88. The number of nitrogens with one attached hydrogen (secondary N) is 1. The Morgan fingerprint density at radius 1 is 1.26 bits per heavy atom. The van der Waals surface area contributed by atoms with E-state index in [1.165, 1.54) is 6.26 Å². The van der Waals surface area contributed by atoms with E-state index in [-0.39, 0.29) is 5.91 Å². The van der Waals surface area contributed by atoms with Crippen LogP contribution in [0.5, 0.6) is 0 Å². The van der Waals surface area contributed by atoms with E-state index < -0.39 is 0 Å². The normalized spacial score (nSPS) is 11.4. The molecule has 19 heavy (non-hydrogen) atoms. The zero-order chi connectivity index (χ0) is 13.8. The minimum atomic E-state index is -0.275. The van der Waals surface area contributed by atoms with Gasteiger partial charge >= 0.3 is 0 Å². The number of hydrazone groups is 1. The number of amides is 1. The Labute approximate surface area is 119 Å². The Morgan fingerprint density at radius 2 is 1.95 bits per heavy atom. The summed E-state index contributed by atoms with van der Waals surface area (Å²) in [7, 11) is 0. The van der Waals surface area contributed by atoms with Gasteiger partial charge in [0.15, 0.2) is 0 Å². The lowest BCUT2D eigenvalue weighted by Gasteiger charge is -2.02. The number of halogens is 1. The summed E-state index contributed by atoms with van der Waals surface area (Å²) in [6, 6.07) is 9.33. The third kappa shape index (κ3) is 3.32. The minimum absolute atomic E-state index is 0.275. The molecule has 0 spiro atoms. The highest BCUT2D eigenvalue weighted by molar-refractivity contribution is 9.10. The first kappa shape index (κ1) is 13.5. The number of benzene rings is 1. The number of hydrogen-bond donors (Lipinski definition) is 1. The maximum Gasteiger partial charge on any atom is 0.274 e. The molecular formula is C14H13BrN2O2. The molecule has 0 radical (unpaired) electrons. The van der Waals surface area contributed by atoms with Crippen LogP contribution >= 0.6 is 15.9 Å². The van der Waals surface area contributed by atoms with Gasteiger partial charge in [-0.1, -0.05) is 28.1 Å². The number of aryl methyl sites for hydroxylation is 1. The zero-order valence-corrected chi connectivity index (χ0v) is 12.2. The van der Waals surface area contributed by atoms with Crippen molar-refractivity contribution in [2.75, 3.05) is 0 Å². The molecule has 1 heterocycles. The van der Waals surface area contributed by atoms with Crippen LogP contribution < -0.4 is 5.43 Å². The first-order chi connectivity index (χ1) is 9.08. The third-order valence-corrected chi connectivity index (χ3v) is 3.22. The van der Waals surface area contributed by atoms with Gasteiger partial charge in [0.2, 0.25) is 0 Å². The SMILES string of the molecule is C/C(=N\NC(=O)c1ccoc1C)c1ccc(Br)cc1. The van der Waals surface area contributed by atoms with E-state index >= 15 is 0 Å². The van der Waals surface area contributed by atoms with Gasteiger partial charge in [-0.3, -0.25) is 4.79 Å². The fourth-order valence-electron chi connectivity index (χ4n) is 1.57. The van der Waals surface area contributed by atoms with Crippen LogP contribution in [0.2, 0.25) is 0 Å². The second kappa shape index (κ2) is 5.84. The van der Waals surface area contributed by atoms with Crippen molar-refractivity contribution in [3.05, 3.63) is 58.0 Å². The molecule has 5 heteroatoms. The molecular weight excluding hydrogens is 308 g/mol. The summed E-state index contributed by atoms with van der Waals surface area (Å²) >= 11 is 3.37. The lowest BCUT2D eigenvalue weighted by molar-refractivity contribution is 0.0953. The van der Waals surface area contributed by atoms with Gasteiger partial charge in [-0.15, -0.1) is 0 Å². The van der Waals surface area contributed by atoms with Crippen molar-refractivity contribution in [1.29, 1.82) is 0 Å². The molecule has 98 valence electrons. The van der Waals surface area contributed by atoms with Crippen molar-refractivity contribution in [2.45, 2.75) is 13.8 Å². The maximum absolute atomic E-state index is 11.8. The predicted octanol–water partition coefficient (Wildman–Crippen LogP) is 3.50. The lowest BCUT2D eigenvalue weighted by atomic mass is 10.1. The number of carbonyl (C=O) groups is 1. The highest BCUT2D eigenvalue weighted by Crippen LogP contribution is 2.11. The molecule has 0 saturated heterocycles. The Bertz CT molecular complexity index is 615. The van der Waals surface area contributed by atoms with Gasteiger partial charge in [0, 0.05) is 4.47 Å². The van der Waals surface area contributed by atoms with Gasteiger partial charge in [-0.2, -0.15) is 5.10 Å². The topological polar surface area (TPSA) is 54.6 Å². The van der Waals surface area contributed by atoms with E-state index in [1.54, 1.807) is 13.0 Å². The molecule has 1 aromatic heterocycles. The van der Waals surface area contributed by atoms with Crippen molar-refractivity contribution >= 4 is 27.5 Å². The molecule has 4 nitrogen and oxygen atoms in total. The fraction of sp³-hybridized carbons (Fsp3) is 0.143.